The Morgan fingerprint density at radius 1 is 1.25 bits per heavy atom. The van der Waals surface area contributed by atoms with Crippen LogP contribution in [0.15, 0.2) is 36.5 Å². The number of benzene rings is 1. The number of aromatic nitrogens is 1. The van der Waals surface area contributed by atoms with E-state index in [0.29, 0.717) is 38.2 Å². The third-order valence-electron chi connectivity index (χ3n) is 5.31. The lowest BCUT2D eigenvalue weighted by atomic mass is 9.83. The summed E-state index contributed by atoms with van der Waals surface area (Å²) in [6.45, 7) is 1.91. The van der Waals surface area contributed by atoms with Crippen LogP contribution in [0, 0.1) is 0 Å². The molecule has 1 amide bonds. The van der Waals surface area contributed by atoms with Crippen molar-refractivity contribution in [1.29, 1.82) is 0 Å². The maximum atomic E-state index is 12.9. The lowest BCUT2D eigenvalue weighted by Crippen LogP contribution is -2.51. The molecule has 0 saturated carbocycles. The van der Waals surface area contributed by atoms with Gasteiger partial charge in [-0.1, -0.05) is 24.3 Å². The van der Waals surface area contributed by atoms with E-state index in [9.17, 15) is 9.90 Å². The molecule has 2 aliphatic rings. The average molecular weight is 326 g/mol. The van der Waals surface area contributed by atoms with Gasteiger partial charge in [0.2, 0.25) is 0 Å². The Morgan fingerprint density at radius 2 is 2.04 bits per heavy atom. The second-order valence-corrected chi connectivity index (χ2v) is 6.85. The molecule has 126 valence electrons. The van der Waals surface area contributed by atoms with Crippen molar-refractivity contribution in [3.05, 3.63) is 42.2 Å². The Hall–Kier alpha value is -1.98. The fourth-order valence-electron chi connectivity index (χ4n) is 3.91. The van der Waals surface area contributed by atoms with Crippen LogP contribution < -0.4 is 0 Å². The summed E-state index contributed by atoms with van der Waals surface area (Å²) in [6, 6.07) is 9.77. The van der Waals surface area contributed by atoms with Crippen LogP contribution in [0.5, 0.6) is 0 Å². The second-order valence-electron chi connectivity index (χ2n) is 6.85. The topological polar surface area (TPSA) is 62.7 Å². The van der Waals surface area contributed by atoms with Crippen LogP contribution in [0.2, 0.25) is 0 Å². The van der Waals surface area contributed by atoms with Gasteiger partial charge in [-0.05, 0) is 30.7 Å². The lowest BCUT2D eigenvalue weighted by molar-refractivity contribution is -0.139. The third kappa shape index (κ3) is 2.78. The van der Waals surface area contributed by atoms with Crippen molar-refractivity contribution in [3.8, 4) is 0 Å². The Morgan fingerprint density at radius 3 is 2.83 bits per heavy atom. The molecule has 5 nitrogen and oxygen atoms in total. The fraction of sp³-hybridized carbons (Fsp3) is 0.474. The molecule has 1 aromatic heterocycles. The molecule has 1 N–H and O–H groups in total. The van der Waals surface area contributed by atoms with E-state index in [1.54, 1.807) is 6.20 Å². The van der Waals surface area contributed by atoms with Crippen LogP contribution in [-0.4, -0.2) is 52.3 Å². The molecule has 0 radical (unpaired) electrons. The third-order valence-corrected chi connectivity index (χ3v) is 5.31. The molecule has 2 aliphatic heterocycles. The van der Waals surface area contributed by atoms with E-state index in [-0.39, 0.29) is 17.6 Å². The second kappa shape index (κ2) is 6.15. The molecule has 1 aromatic carbocycles. The van der Waals surface area contributed by atoms with Gasteiger partial charge in [0.25, 0.3) is 5.91 Å². The van der Waals surface area contributed by atoms with Crippen molar-refractivity contribution >= 4 is 16.7 Å². The predicted molar refractivity (Wildman–Crippen MR) is 90.8 cm³/mol. The van der Waals surface area contributed by atoms with Crippen molar-refractivity contribution in [2.75, 3.05) is 19.7 Å². The van der Waals surface area contributed by atoms with E-state index < -0.39 is 0 Å². The zero-order chi connectivity index (χ0) is 16.6. The summed E-state index contributed by atoms with van der Waals surface area (Å²) >= 11 is 0. The number of ether oxygens (including phenoxy) is 1. The van der Waals surface area contributed by atoms with Gasteiger partial charge in [-0.25, -0.2) is 0 Å². The van der Waals surface area contributed by atoms with Crippen LogP contribution in [0.4, 0.5) is 0 Å². The number of hydrogen-bond donors (Lipinski definition) is 1. The van der Waals surface area contributed by atoms with Gasteiger partial charge in [-0.3, -0.25) is 9.78 Å². The minimum atomic E-state index is -0.277. The summed E-state index contributed by atoms with van der Waals surface area (Å²) in [5.41, 5.74) is 0.273. The summed E-state index contributed by atoms with van der Waals surface area (Å²) in [5, 5.41) is 11.9. The van der Waals surface area contributed by atoms with Gasteiger partial charge >= 0.3 is 0 Å². The summed E-state index contributed by atoms with van der Waals surface area (Å²) in [5.74, 6) is -0.0157. The first-order valence-corrected chi connectivity index (χ1v) is 8.62. The van der Waals surface area contributed by atoms with Crippen molar-refractivity contribution in [2.45, 2.75) is 37.4 Å². The molecule has 0 bridgehead atoms. The molecule has 2 fully saturated rings. The quantitative estimate of drug-likeness (QED) is 0.874. The molecule has 1 spiro atoms. The van der Waals surface area contributed by atoms with Crippen molar-refractivity contribution in [2.24, 2.45) is 0 Å². The first-order valence-electron chi connectivity index (χ1n) is 8.62. The summed E-state index contributed by atoms with van der Waals surface area (Å²) in [7, 11) is 0. The highest BCUT2D eigenvalue weighted by Gasteiger charge is 2.41. The standard InChI is InChI=1S/C19H22N2O3/c22-15-6-12-24-19(13-15)7-10-21(11-8-19)18(23)17-16-4-2-1-3-14(16)5-9-20-17/h1-5,9,15,22H,6-8,10-13H2. The summed E-state index contributed by atoms with van der Waals surface area (Å²) in [4.78, 5) is 19.1. The van der Waals surface area contributed by atoms with Gasteiger partial charge in [-0.15, -0.1) is 0 Å². The number of rotatable bonds is 1. The van der Waals surface area contributed by atoms with Crippen LogP contribution in [-0.2, 0) is 4.74 Å². The first-order chi connectivity index (χ1) is 11.7. The van der Waals surface area contributed by atoms with Gasteiger partial charge < -0.3 is 14.7 Å². The molecule has 1 atom stereocenters. The molecule has 24 heavy (non-hydrogen) atoms. The van der Waals surface area contributed by atoms with Gasteiger partial charge in [-0.2, -0.15) is 0 Å². The van der Waals surface area contributed by atoms with E-state index in [4.69, 9.17) is 4.74 Å². The fourth-order valence-corrected chi connectivity index (χ4v) is 3.91. The molecule has 4 rings (SSSR count). The highest BCUT2D eigenvalue weighted by Crippen LogP contribution is 2.35. The number of carbonyl (C=O) groups excluding carboxylic acids is 1. The van der Waals surface area contributed by atoms with E-state index in [0.717, 1.165) is 23.6 Å². The number of carbonyl (C=O) groups is 1. The first kappa shape index (κ1) is 15.5. The SMILES string of the molecule is O=C(c1nccc2ccccc12)N1CCC2(CC1)CC(O)CCO2. The largest absolute Gasteiger partial charge is 0.393 e. The zero-order valence-corrected chi connectivity index (χ0v) is 13.6. The number of aliphatic hydroxyl groups is 1. The van der Waals surface area contributed by atoms with E-state index in [1.165, 1.54) is 0 Å². The van der Waals surface area contributed by atoms with Crippen molar-refractivity contribution < 1.29 is 14.6 Å². The number of likely N-dealkylation sites (tertiary alicyclic amines) is 1. The highest BCUT2D eigenvalue weighted by molar-refractivity contribution is 6.05. The molecule has 2 aromatic rings. The number of amides is 1. The van der Waals surface area contributed by atoms with Crippen LogP contribution >= 0.6 is 0 Å². The van der Waals surface area contributed by atoms with E-state index in [2.05, 4.69) is 4.98 Å². The monoisotopic (exact) mass is 326 g/mol. The summed E-state index contributed by atoms with van der Waals surface area (Å²) < 4.78 is 5.97. The Labute approximate surface area is 141 Å². The van der Waals surface area contributed by atoms with Crippen molar-refractivity contribution in [3.63, 3.8) is 0 Å². The van der Waals surface area contributed by atoms with Gasteiger partial charge in [0.05, 0.1) is 11.7 Å². The average Bonchev–Trinajstić information content (AvgIpc) is 2.61. The number of hydrogen-bond acceptors (Lipinski definition) is 4. The minimum Gasteiger partial charge on any atom is -0.393 e. The zero-order valence-electron chi connectivity index (χ0n) is 13.6. The molecular formula is C19H22N2O3. The Kier molecular flexibility index (Phi) is 3.98. The van der Waals surface area contributed by atoms with Crippen LogP contribution in [0.25, 0.3) is 10.8 Å². The number of pyridine rings is 1. The maximum Gasteiger partial charge on any atom is 0.273 e. The van der Waals surface area contributed by atoms with E-state index in [1.807, 2.05) is 35.2 Å². The number of aliphatic hydroxyl groups excluding tert-OH is 1. The predicted octanol–water partition coefficient (Wildman–Crippen LogP) is 2.38. The van der Waals surface area contributed by atoms with Crippen LogP contribution in [0.1, 0.15) is 36.2 Å². The summed E-state index contributed by atoms with van der Waals surface area (Å²) in [6.07, 6.45) is 4.37. The van der Waals surface area contributed by atoms with Crippen molar-refractivity contribution in [1.82, 2.24) is 9.88 Å². The van der Waals surface area contributed by atoms with Gasteiger partial charge in [0.1, 0.15) is 5.69 Å². The number of fused-ring (bicyclic) bond motifs is 1. The normalized spacial score (nSPS) is 23.5. The van der Waals surface area contributed by atoms with Crippen LogP contribution in [0.3, 0.4) is 0 Å². The molecule has 1 unspecified atom stereocenters. The molecule has 3 heterocycles. The van der Waals surface area contributed by atoms with E-state index >= 15 is 0 Å². The molecule has 0 aliphatic carbocycles. The Bertz CT molecular complexity index is 748. The number of piperidine rings is 1. The smallest absolute Gasteiger partial charge is 0.273 e. The minimum absolute atomic E-state index is 0.0157. The maximum absolute atomic E-state index is 12.9. The molecular weight excluding hydrogens is 304 g/mol. The van der Waals surface area contributed by atoms with Gasteiger partial charge in [0.15, 0.2) is 0 Å². The number of nitrogens with zero attached hydrogens (tertiary/aromatic N) is 2. The lowest BCUT2D eigenvalue weighted by Gasteiger charge is -2.45. The highest BCUT2D eigenvalue weighted by atomic mass is 16.5. The Balaban J connectivity index is 1.52. The molecule has 5 heteroatoms. The molecule has 2 saturated heterocycles. The van der Waals surface area contributed by atoms with Gasteiger partial charge in [0, 0.05) is 37.7 Å².